The van der Waals surface area contributed by atoms with Gasteiger partial charge in [0.05, 0.1) is 17.6 Å². The first-order valence-electron chi connectivity index (χ1n) is 7.41. The fourth-order valence-corrected chi connectivity index (χ4v) is 3.23. The molecule has 1 rings (SSSR count). The molecule has 0 amide bonds. The van der Waals surface area contributed by atoms with Crippen molar-refractivity contribution in [1.82, 2.24) is 0 Å². The summed E-state index contributed by atoms with van der Waals surface area (Å²) < 4.78 is 0. The average molecular weight is 236 g/mol. The van der Waals surface area contributed by atoms with Crippen LogP contribution in [0.1, 0.15) is 72.6 Å². The van der Waals surface area contributed by atoms with Gasteiger partial charge in [-0.15, -0.1) is 0 Å². The highest BCUT2D eigenvalue weighted by Crippen LogP contribution is 2.40. The molecule has 0 bridgehead atoms. The van der Waals surface area contributed by atoms with Crippen LogP contribution in [0.3, 0.4) is 0 Å². The molecule has 1 aliphatic rings. The van der Waals surface area contributed by atoms with Crippen LogP contribution in [0.2, 0.25) is 0 Å². The quantitative estimate of drug-likeness (QED) is 0.583. The van der Waals surface area contributed by atoms with Crippen molar-refractivity contribution in [2.24, 2.45) is 15.9 Å². The molecule has 2 heteroatoms. The molecule has 0 N–H and O–H groups in total. The third-order valence-corrected chi connectivity index (χ3v) is 4.25. The molecular formula is C15H28N2. The van der Waals surface area contributed by atoms with E-state index in [9.17, 15) is 0 Å². The van der Waals surface area contributed by atoms with Gasteiger partial charge in [0.1, 0.15) is 0 Å². The lowest BCUT2D eigenvalue weighted by Gasteiger charge is -2.37. The highest BCUT2D eigenvalue weighted by atomic mass is 15.0. The Morgan fingerprint density at radius 3 is 2.41 bits per heavy atom. The average Bonchev–Trinajstić information content (AvgIpc) is 2.78. The van der Waals surface area contributed by atoms with E-state index in [1.54, 1.807) is 0 Å². The van der Waals surface area contributed by atoms with E-state index in [2.05, 4.69) is 38.7 Å². The van der Waals surface area contributed by atoms with Gasteiger partial charge in [0.15, 0.2) is 0 Å². The molecule has 0 aliphatic carbocycles. The van der Waals surface area contributed by atoms with Crippen LogP contribution in [0, 0.1) is 5.92 Å². The van der Waals surface area contributed by atoms with Gasteiger partial charge in [0.2, 0.25) is 0 Å². The molecule has 98 valence electrons. The van der Waals surface area contributed by atoms with Crippen molar-refractivity contribution in [2.75, 3.05) is 0 Å². The summed E-state index contributed by atoms with van der Waals surface area (Å²) in [5.74, 6) is 0.696. The van der Waals surface area contributed by atoms with Crippen LogP contribution in [0.25, 0.3) is 0 Å². The van der Waals surface area contributed by atoms with E-state index in [1.165, 1.54) is 32.1 Å². The monoisotopic (exact) mass is 236 g/mol. The molecule has 0 spiro atoms. The Labute approximate surface area is 107 Å². The lowest BCUT2D eigenvalue weighted by Crippen LogP contribution is -2.43. The Bertz CT molecular complexity index is 279. The predicted octanol–water partition coefficient (Wildman–Crippen LogP) is 4.71. The summed E-state index contributed by atoms with van der Waals surface area (Å²) in [6.45, 7) is 9.04. The van der Waals surface area contributed by atoms with Crippen LogP contribution in [-0.2, 0) is 0 Å². The summed E-state index contributed by atoms with van der Waals surface area (Å²) in [6.07, 6.45) is 8.63. The van der Waals surface area contributed by atoms with Crippen LogP contribution in [0.15, 0.2) is 9.98 Å². The van der Waals surface area contributed by atoms with E-state index in [4.69, 9.17) is 4.99 Å². The summed E-state index contributed by atoms with van der Waals surface area (Å²) in [7, 11) is 0. The van der Waals surface area contributed by atoms with E-state index in [1.807, 2.05) is 0 Å². The lowest BCUT2D eigenvalue weighted by molar-refractivity contribution is 0.197. The summed E-state index contributed by atoms with van der Waals surface area (Å²) in [5, 5.41) is 0. The molecule has 0 saturated carbocycles. The Morgan fingerprint density at radius 2 is 1.88 bits per heavy atom. The topological polar surface area (TPSA) is 24.7 Å². The second-order valence-corrected chi connectivity index (χ2v) is 5.24. The first-order valence-corrected chi connectivity index (χ1v) is 7.41. The Balaban J connectivity index is 2.83. The van der Waals surface area contributed by atoms with Gasteiger partial charge in [0.25, 0.3) is 0 Å². The van der Waals surface area contributed by atoms with Crippen LogP contribution in [0.5, 0.6) is 0 Å². The summed E-state index contributed by atoms with van der Waals surface area (Å²) >= 11 is 0. The van der Waals surface area contributed by atoms with Crippen molar-refractivity contribution < 1.29 is 0 Å². The minimum atomic E-state index is 0.0694. The molecule has 0 aromatic carbocycles. The third-order valence-electron chi connectivity index (χ3n) is 4.25. The normalized spacial score (nSPS) is 28.8. The predicted molar refractivity (Wildman–Crippen MR) is 74.9 cm³/mol. The Morgan fingerprint density at radius 1 is 1.12 bits per heavy atom. The standard InChI is InChI=1S/C15H28N2/c1-5-9-11-13(10-6-2)15(8-4)14(7-3)16-12-17-15/h13-14H,5-11H2,1-4H3. The van der Waals surface area contributed by atoms with Gasteiger partial charge in [-0.1, -0.05) is 47.0 Å². The molecule has 0 saturated heterocycles. The lowest BCUT2D eigenvalue weighted by atomic mass is 9.72. The van der Waals surface area contributed by atoms with Gasteiger partial charge >= 0.3 is 0 Å². The highest BCUT2D eigenvalue weighted by Gasteiger charge is 2.44. The van der Waals surface area contributed by atoms with E-state index in [0.29, 0.717) is 12.0 Å². The van der Waals surface area contributed by atoms with Gasteiger partial charge in [0, 0.05) is 0 Å². The molecule has 3 unspecified atom stereocenters. The van der Waals surface area contributed by atoms with E-state index >= 15 is 0 Å². The SMILES string of the molecule is CCCCC(CCC)C1(CC)N=C=NC1CC. The van der Waals surface area contributed by atoms with Gasteiger partial charge in [-0.3, -0.25) is 0 Å². The molecule has 1 aliphatic heterocycles. The van der Waals surface area contributed by atoms with Gasteiger partial charge in [-0.05, 0) is 31.6 Å². The number of unbranched alkanes of at least 4 members (excludes halogenated alkanes) is 1. The number of aliphatic imine (C=N–C) groups is 2. The maximum absolute atomic E-state index is 4.69. The molecule has 1 heterocycles. The first kappa shape index (κ1) is 14.4. The van der Waals surface area contributed by atoms with Gasteiger partial charge < -0.3 is 0 Å². The van der Waals surface area contributed by atoms with Crippen molar-refractivity contribution in [3.63, 3.8) is 0 Å². The second-order valence-electron chi connectivity index (χ2n) is 5.24. The smallest absolute Gasteiger partial charge is 0.0973 e. The second kappa shape index (κ2) is 6.96. The van der Waals surface area contributed by atoms with Crippen molar-refractivity contribution in [2.45, 2.75) is 84.2 Å². The van der Waals surface area contributed by atoms with Crippen molar-refractivity contribution >= 4 is 6.01 Å². The molecule has 0 aromatic rings. The maximum atomic E-state index is 4.69. The van der Waals surface area contributed by atoms with Crippen molar-refractivity contribution in [3.05, 3.63) is 0 Å². The maximum Gasteiger partial charge on any atom is 0.0973 e. The van der Waals surface area contributed by atoms with Crippen molar-refractivity contribution in [3.8, 4) is 0 Å². The number of rotatable bonds is 8. The zero-order valence-electron chi connectivity index (χ0n) is 12.0. The molecule has 2 nitrogen and oxygen atoms in total. The number of nitrogens with zero attached hydrogens (tertiary/aromatic N) is 2. The van der Waals surface area contributed by atoms with Crippen LogP contribution >= 0.6 is 0 Å². The zero-order chi connectivity index (χ0) is 12.7. The molecular weight excluding hydrogens is 208 g/mol. The van der Waals surface area contributed by atoms with E-state index in [0.717, 1.165) is 12.8 Å². The summed E-state index contributed by atoms with van der Waals surface area (Å²) in [4.78, 5) is 9.17. The van der Waals surface area contributed by atoms with E-state index < -0.39 is 0 Å². The van der Waals surface area contributed by atoms with Gasteiger partial charge in [-0.2, -0.15) is 0 Å². The third kappa shape index (κ3) is 2.98. The van der Waals surface area contributed by atoms with Crippen LogP contribution in [0.4, 0.5) is 0 Å². The minimum Gasteiger partial charge on any atom is -0.220 e. The van der Waals surface area contributed by atoms with Crippen LogP contribution < -0.4 is 0 Å². The molecule has 0 radical (unpaired) electrons. The highest BCUT2D eigenvalue weighted by molar-refractivity contribution is 5.47. The Hall–Kier alpha value is -0.620. The molecule has 0 fully saturated rings. The zero-order valence-corrected chi connectivity index (χ0v) is 12.0. The molecule has 3 atom stereocenters. The van der Waals surface area contributed by atoms with Crippen molar-refractivity contribution in [1.29, 1.82) is 0 Å². The first-order chi connectivity index (χ1) is 8.25. The largest absolute Gasteiger partial charge is 0.220 e. The van der Waals surface area contributed by atoms with Crippen LogP contribution in [-0.4, -0.2) is 17.6 Å². The molecule has 17 heavy (non-hydrogen) atoms. The number of hydrogen-bond acceptors (Lipinski definition) is 2. The van der Waals surface area contributed by atoms with E-state index in [-0.39, 0.29) is 5.54 Å². The van der Waals surface area contributed by atoms with Gasteiger partial charge in [-0.25, -0.2) is 9.98 Å². The Kier molecular flexibility index (Phi) is 5.91. The minimum absolute atomic E-state index is 0.0694. The summed E-state index contributed by atoms with van der Waals surface area (Å²) in [6, 6.07) is 3.31. The summed E-state index contributed by atoms with van der Waals surface area (Å²) in [5.41, 5.74) is 0.0694. The fraction of sp³-hybridized carbons (Fsp3) is 0.933. The number of hydrogen-bond donors (Lipinski definition) is 0. The molecule has 0 aromatic heterocycles. The fourth-order valence-electron chi connectivity index (χ4n) is 3.23.